The van der Waals surface area contributed by atoms with E-state index in [2.05, 4.69) is 65.6 Å². The average Bonchev–Trinajstić information content (AvgIpc) is 2.85. The summed E-state index contributed by atoms with van der Waals surface area (Å²) in [4.78, 5) is 19.4. The Hall–Kier alpha value is -3.24. The second kappa shape index (κ2) is 9.09. The van der Waals surface area contributed by atoms with Crippen LogP contribution in [0.2, 0.25) is 0 Å². The van der Waals surface area contributed by atoms with Gasteiger partial charge < -0.3 is 5.11 Å². The van der Waals surface area contributed by atoms with Crippen molar-refractivity contribution in [1.82, 2.24) is 4.90 Å². The maximum absolute atomic E-state index is 11.7. The molecule has 4 nitrogen and oxygen atoms in total. The van der Waals surface area contributed by atoms with Gasteiger partial charge in [0.2, 0.25) is 0 Å². The lowest BCUT2D eigenvalue weighted by Gasteiger charge is -2.52. The van der Waals surface area contributed by atoms with Crippen molar-refractivity contribution in [3.63, 3.8) is 0 Å². The summed E-state index contributed by atoms with van der Waals surface area (Å²) in [6, 6.07) is 29.0. The van der Waals surface area contributed by atoms with E-state index in [9.17, 15) is 9.90 Å². The number of benzene rings is 3. The summed E-state index contributed by atoms with van der Waals surface area (Å²) in [5.41, 5.74) is 3.59. The third kappa shape index (κ3) is 3.98. The van der Waals surface area contributed by atoms with Crippen molar-refractivity contribution in [1.29, 1.82) is 0 Å². The zero-order chi connectivity index (χ0) is 21.9. The lowest BCUT2D eigenvalue weighted by molar-refractivity contribution is 0.0215. The van der Waals surface area contributed by atoms with Crippen LogP contribution >= 0.6 is 0 Å². The first-order valence-corrected chi connectivity index (χ1v) is 11.4. The molecule has 2 unspecified atom stereocenters. The SMILES string of the molecule is O=C(O)c1ccccc1C=NC1C2CCN(CC2)C1C(c1ccccc1)c1ccccc1. The normalized spacial score (nSPS) is 24.8. The molecule has 162 valence electrons. The van der Waals surface area contributed by atoms with Crippen molar-refractivity contribution >= 4 is 12.2 Å². The summed E-state index contributed by atoms with van der Waals surface area (Å²) in [5.74, 6) is -0.172. The summed E-state index contributed by atoms with van der Waals surface area (Å²) in [5, 5.41) is 9.58. The van der Waals surface area contributed by atoms with Gasteiger partial charge in [0.25, 0.3) is 0 Å². The van der Waals surface area contributed by atoms with Crippen LogP contribution in [-0.2, 0) is 0 Å². The Bertz CT molecular complexity index is 1050. The van der Waals surface area contributed by atoms with Gasteiger partial charge in [0, 0.05) is 23.7 Å². The Morgan fingerprint density at radius 2 is 1.44 bits per heavy atom. The highest BCUT2D eigenvalue weighted by molar-refractivity contribution is 5.98. The fourth-order valence-corrected chi connectivity index (χ4v) is 5.55. The van der Waals surface area contributed by atoms with E-state index in [1.165, 1.54) is 11.1 Å². The largest absolute Gasteiger partial charge is 0.478 e. The van der Waals surface area contributed by atoms with Crippen LogP contribution in [0.15, 0.2) is 89.9 Å². The molecular formula is C28H28N2O2. The Kier molecular flexibility index (Phi) is 5.87. The number of aromatic carboxylic acids is 1. The molecule has 4 heteroatoms. The zero-order valence-corrected chi connectivity index (χ0v) is 18.0. The van der Waals surface area contributed by atoms with Gasteiger partial charge in [-0.05, 0) is 49.0 Å². The van der Waals surface area contributed by atoms with Crippen molar-refractivity contribution in [2.24, 2.45) is 10.9 Å². The molecule has 0 saturated carbocycles. The maximum atomic E-state index is 11.7. The number of rotatable bonds is 6. The molecule has 3 aromatic rings. The number of carboxylic acid groups (broad SMARTS) is 1. The number of aliphatic imine (C=N–C) groups is 1. The summed E-state index contributed by atoms with van der Waals surface area (Å²) < 4.78 is 0. The van der Waals surface area contributed by atoms with Crippen molar-refractivity contribution in [2.75, 3.05) is 13.1 Å². The Balaban J connectivity index is 1.56. The van der Waals surface area contributed by atoms with Gasteiger partial charge in [0.15, 0.2) is 0 Å². The van der Waals surface area contributed by atoms with Crippen LogP contribution in [-0.4, -0.2) is 47.4 Å². The molecule has 3 heterocycles. The van der Waals surface area contributed by atoms with Gasteiger partial charge in [-0.15, -0.1) is 0 Å². The molecule has 2 atom stereocenters. The number of hydrogen-bond acceptors (Lipinski definition) is 3. The highest BCUT2D eigenvalue weighted by atomic mass is 16.4. The van der Waals surface area contributed by atoms with Gasteiger partial charge in [0.05, 0.1) is 11.6 Å². The quantitative estimate of drug-likeness (QED) is 0.560. The minimum absolute atomic E-state index is 0.129. The van der Waals surface area contributed by atoms with Gasteiger partial charge >= 0.3 is 5.97 Å². The third-order valence-electron chi connectivity index (χ3n) is 7.06. The second-order valence-electron chi connectivity index (χ2n) is 8.82. The first-order chi connectivity index (χ1) is 15.7. The van der Waals surface area contributed by atoms with Gasteiger partial charge in [0.1, 0.15) is 0 Å². The van der Waals surface area contributed by atoms with Crippen LogP contribution in [0.5, 0.6) is 0 Å². The summed E-state index contributed by atoms with van der Waals surface area (Å²) in [6.45, 7) is 2.20. The molecule has 3 aliphatic rings. The third-order valence-corrected chi connectivity index (χ3v) is 7.06. The fourth-order valence-electron chi connectivity index (χ4n) is 5.55. The molecule has 3 fully saturated rings. The van der Waals surface area contributed by atoms with Crippen LogP contribution < -0.4 is 0 Å². The van der Waals surface area contributed by atoms with Crippen molar-refractivity contribution in [2.45, 2.75) is 30.8 Å². The predicted octanol–water partition coefficient (Wildman–Crippen LogP) is 5.10. The first kappa shape index (κ1) is 20.7. The van der Waals surface area contributed by atoms with E-state index >= 15 is 0 Å². The number of fused-ring (bicyclic) bond motifs is 3. The first-order valence-electron chi connectivity index (χ1n) is 11.4. The Morgan fingerprint density at radius 3 is 2.03 bits per heavy atom. The van der Waals surface area contributed by atoms with E-state index in [1.807, 2.05) is 12.1 Å². The lowest BCUT2D eigenvalue weighted by atomic mass is 9.71. The molecule has 3 aliphatic heterocycles. The number of nitrogens with zero attached hydrogens (tertiary/aromatic N) is 2. The maximum Gasteiger partial charge on any atom is 0.336 e. The Labute approximate surface area is 189 Å². The minimum Gasteiger partial charge on any atom is -0.478 e. The molecule has 32 heavy (non-hydrogen) atoms. The number of carboxylic acids is 1. The van der Waals surface area contributed by atoms with Crippen LogP contribution in [0.4, 0.5) is 0 Å². The fraction of sp³-hybridized carbons (Fsp3) is 0.286. The summed E-state index contributed by atoms with van der Waals surface area (Å²) in [7, 11) is 0. The zero-order valence-electron chi connectivity index (χ0n) is 18.0. The molecule has 0 aromatic heterocycles. The smallest absolute Gasteiger partial charge is 0.336 e. The van der Waals surface area contributed by atoms with E-state index in [0.29, 0.717) is 17.0 Å². The summed E-state index contributed by atoms with van der Waals surface area (Å²) in [6.07, 6.45) is 4.10. The molecule has 3 aromatic carbocycles. The standard InChI is InChI=1S/C28H28N2O2/c31-28(32)24-14-8-7-13-23(24)19-29-26-22-15-17-30(18-16-22)27(26)25(20-9-3-1-4-10-20)21-11-5-2-6-12-21/h1-14,19,22,25-27H,15-18H2,(H,31,32). The van der Waals surface area contributed by atoms with E-state index in [1.54, 1.807) is 18.3 Å². The molecule has 1 N–H and O–H groups in total. The lowest BCUT2D eigenvalue weighted by Crippen LogP contribution is -2.59. The molecule has 0 amide bonds. The van der Waals surface area contributed by atoms with Gasteiger partial charge in [-0.25, -0.2) is 4.79 Å². The molecule has 6 rings (SSSR count). The molecular weight excluding hydrogens is 396 g/mol. The van der Waals surface area contributed by atoms with E-state index in [0.717, 1.165) is 25.9 Å². The number of hydrogen-bond donors (Lipinski definition) is 1. The van der Waals surface area contributed by atoms with Crippen LogP contribution in [0, 0.1) is 5.92 Å². The molecule has 0 radical (unpaired) electrons. The van der Waals surface area contributed by atoms with Crippen molar-refractivity contribution < 1.29 is 9.90 Å². The number of carbonyl (C=O) groups is 1. The van der Waals surface area contributed by atoms with E-state index in [-0.39, 0.29) is 18.0 Å². The molecule has 0 aliphatic carbocycles. The van der Waals surface area contributed by atoms with E-state index < -0.39 is 5.97 Å². The highest BCUT2D eigenvalue weighted by Crippen LogP contribution is 2.43. The van der Waals surface area contributed by atoms with Crippen LogP contribution in [0.3, 0.4) is 0 Å². The van der Waals surface area contributed by atoms with Gasteiger partial charge in [-0.1, -0.05) is 78.9 Å². The number of piperidine rings is 3. The highest BCUT2D eigenvalue weighted by Gasteiger charge is 2.46. The van der Waals surface area contributed by atoms with Gasteiger partial charge in [-0.3, -0.25) is 9.89 Å². The topological polar surface area (TPSA) is 52.9 Å². The summed E-state index contributed by atoms with van der Waals surface area (Å²) >= 11 is 0. The van der Waals surface area contributed by atoms with Crippen molar-refractivity contribution in [3.8, 4) is 0 Å². The predicted molar refractivity (Wildman–Crippen MR) is 128 cm³/mol. The minimum atomic E-state index is -0.913. The van der Waals surface area contributed by atoms with Crippen LogP contribution in [0.25, 0.3) is 0 Å². The second-order valence-corrected chi connectivity index (χ2v) is 8.82. The van der Waals surface area contributed by atoms with Crippen LogP contribution in [0.1, 0.15) is 45.8 Å². The monoisotopic (exact) mass is 424 g/mol. The molecule has 3 saturated heterocycles. The average molecular weight is 425 g/mol. The van der Waals surface area contributed by atoms with E-state index in [4.69, 9.17) is 4.99 Å². The van der Waals surface area contributed by atoms with Gasteiger partial charge in [-0.2, -0.15) is 0 Å². The molecule has 2 bridgehead atoms. The molecule has 0 spiro atoms. The Morgan fingerprint density at radius 1 is 0.875 bits per heavy atom. The van der Waals surface area contributed by atoms with Crippen molar-refractivity contribution in [3.05, 3.63) is 107 Å².